The molecule has 0 atom stereocenters. The van der Waals surface area contributed by atoms with Crippen molar-refractivity contribution < 1.29 is 9.59 Å². The number of halogens is 1. The fourth-order valence-electron chi connectivity index (χ4n) is 2.88. The number of aryl methyl sites for hydroxylation is 1. The Balaban J connectivity index is 1.66. The van der Waals surface area contributed by atoms with Crippen LogP contribution in [0, 0.1) is 4.77 Å². The number of hydrogen-bond donors (Lipinski definition) is 2. The van der Waals surface area contributed by atoms with Crippen LogP contribution in [0.3, 0.4) is 0 Å². The maximum atomic E-state index is 12.2. The number of hydrazine groups is 1. The summed E-state index contributed by atoms with van der Waals surface area (Å²) in [7, 11) is 0. The van der Waals surface area contributed by atoms with Crippen LogP contribution in [0.1, 0.15) is 36.5 Å². The predicted molar refractivity (Wildman–Crippen MR) is 121 cm³/mol. The van der Waals surface area contributed by atoms with Gasteiger partial charge in [-0.3, -0.25) is 30.0 Å². The molecule has 0 radical (unpaired) electrons. The van der Waals surface area contributed by atoms with Gasteiger partial charge >= 0.3 is 0 Å². The molecule has 3 aromatic rings. The molecule has 0 aliphatic carbocycles. The lowest BCUT2D eigenvalue weighted by Gasteiger charge is -2.07. The zero-order chi connectivity index (χ0) is 22.2. The molecule has 162 valence electrons. The Labute approximate surface area is 190 Å². The van der Waals surface area contributed by atoms with Crippen molar-refractivity contribution in [2.75, 3.05) is 0 Å². The first-order valence-electron chi connectivity index (χ1n) is 9.92. The van der Waals surface area contributed by atoms with E-state index in [9.17, 15) is 9.59 Å². The molecule has 0 aliphatic heterocycles. The van der Waals surface area contributed by atoms with Crippen LogP contribution in [-0.4, -0.2) is 31.1 Å². The Morgan fingerprint density at radius 1 is 1.13 bits per heavy atom. The molecule has 2 N–H and O–H groups in total. The summed E-state index contributed by atoms with van der Waals surface area (Å²) in [5, 5.41) is 5.28. The largest absolute Gasteiger partial charge is 0.300 e. The van der Waals surface area contributed by atoms with Gasteiger partial charge in [0.2, 0.25) is 5.91 Å². The smallest absolute Gasteiger partial charge is 0.271 e. The number of benzene rings is 1. The van der Waals surface area contributed by atoms with E-state index in [1.165, 1.54) is 6.20 Å². The molecule has 0 aliphatic rings. The molecule has 0 fully saturated rings. The molecule has 31 heavy (non-hydrogen) atoms. The number of carbonyl (C=O) groups is 2. The third-order valence-corrected chi connectivity index (χ3v) is 5.23. The lowest BCUT2D eigenvalue weighted by Crippen LogP contribution is -2.41. The maximum absolute atomic E-state index is 12.2. The summed E-state index contributed by atoms with van der Waals surface area (Å²) in [6.07, 6.45) is 5.07. The van der Waals surface area contributed by atoms with E-state index in [0.29, 0.717) is 15.4 Å². The van der Waals surface area contributed by atoms with Gasteiger partial charge in [0.25, 0.3) is 5.91 Å². The van der Waals surface area contributed by atoms with Gasteiger partial charge in [-0.05, 0) is 55.0 Å². The van der Waals surface area contributed by atoms with E-state index >= 15 is 0 Å². The average Bonchev–Trinajstić information content (AvgIpc) is 3.10. The molecule has 3 rings (SSSR count). The monoisotopic (exact) mass is 458 g/mol. The molecule has 0 saturated heterocycles. The number of carbonyl (C=O) groups excluding carboxylic acids is 2. The number of rotatable bonds is 8. The van der Waals surface area contributed by atoms with Gasteiger partial charge in [-0.25, -0.2) is 4.68 Å². The van der Waals surface area contributed by atoms with E-state index in [-0.39, 0.29) is 18.9 Å². The average molecular weight is 459 g/mol. The van der Waals surface area contributed by atoms with Crippen LogP contribution in [-0.2, 0) is 17.9 Å². The third kappa shape index (κ3) is 5.99. The SMILES string of the molecule is CCCCn1c(-c2ccc(Cl)cc2)nn(CCC(=O)NNC(=O)c2cccnc2)c1=S. The van der Waals surface area contributed by atoms with Crippen LogP contribution >= 0.6 is 23.8 Å². The van der Waals surface area contributed by atoms with Crippen LogP contribution < -0.4 is 10.9 Å². The third-order valence-electron chi connectivity index (χ3n) is 4.55. The number of pyridine rings is 1. The number of amides is 2. The minimum absolute atomic E-state index is 0.104. The Bertz CT molecular complexity index is 1100. The van der Waals surface area contributed by atoms with Crippen LogP contribution in [0.25, 0.3) is 11.4 Å². The molecule has 0 saturated carbocycles. The first-order valence-corrected chi connectivity index (χ1v) is 10.7. The molecule has 2 aromatic heterocycles. The number of unbranched alkanes of at least 4 members (excludes halogenated alkanes) is 1. The topological polar surface area (TPSA) is 93.8 Å². The van der Waals surface area contributed by atoms with Crippen molar-refractivity contribution in [1.29, 1.82) is 0 Å². The molecule has 2 amide bonds. The number of aromatic nitrogens is 4. The van der Waals surface area contributed by atoms with Gasteiger partial charge < -0.3 is 0 Å². The summed E-state index contributed by atoms with van der Waals surface area (Å²) in [5.74, 6) is -0.0531. The van der Waals surface area contributed by atoms with E-state index in [2.05, 4.69) is 27.9 Å². The number of hydrogen-bond acceptors (Lipinski definition) is 5. The lowest BCUT2D eigenvalue weighted by molar-refractivity contribution is -0.122. The fourth-order valence-corrected chi connectivity index (χ4v) is 3.32. The summed E-state index contributed by atoms with van der Waals surface area (Å²) >= 11 is 11.6. The summed E-state index contributed by atoms with van der Waals surface area (Å²) in [6, 6.07) is 10.7. The molecule has 10 heteroatoms. The normalized spacial score (nSPS) is 10.6. The molecule has 8 nitrogen and oxygen atoms in total. The Morgan fingerprint density at radius 2 is 1.90 bits per heavy atom. The van der Waals surface area contributed by atoms with Crippen LogP contribution in [0.15, 0.2) is 48.8 Å². The number of nitrogens with zero attached hydrogens (tertiary/aromatic N) is 4. The van der Waals surface area contributed by atoms with Gasteiger partial charge in [-0.1, -0.05) is 24.9 Å². The zero-order valence-electron chi connectivity index (χ0n) is 17.0. The Hall–Kier alpha value is -3.04. The quantitative estimate of drug-likeness (QED) is 0.395. The van der Waals surface area contributed by atoms with E-state index < -0.39 is 5.91 Å². The minimum atomic E-state index is -0.438. The van der Waals surface area contributed by atoms with Crippen molar-refractivity contribution >= 4 is 35.6 Å². The van der Waals surface area contributed by atoms with Crippen molar-refractivity contribution in [3.8, 4) is 11.4 Å². The molecule has 0 spiro atoms. The second-order valence-electron chi connectivity index (χ2n) is 6.84. The van der Waals surface area contributed by atoms with Gasteiger partial charge in [0.05, 0.1) is 12.1 Å². The fraction of sp³-hybridized carbons (Fsp3) is 0.286. The van der Waals surface area contributed by atoms with Crippen molar-refractivity contribution in [3.63, 3.8) is 0 Å². The van der Waals surface area contributed by atoms with Gasteiger partial charge in [0.15, 0.2) is 10.6 Å². The summed E-state index contributed by atoms with van der Waals surface area (Å²) < 4.78 is 4.16. The predicted octanol–water partition coefficient (Wildman–Crippen LogP) is 3.78. The second kappa shape index (κ2) is 10.8. The Kier molecular flexibility index (Phi) is 7.91. The van der Waals surface area contributed by atoms with Crippen LogP contribution in [0.2, 0.25) is 5.02 Å². The highest BCUT2D eigenvalue weighted by Crippen LogP contribution is 2.21. The van der Waals surface area contributed by atoms with Crippen LogP contribution in [0.4, 0.5) is 0 Å². The summed E-state index contributed by atoms with van der Waals surface area (Å²) in [4.78, 5) is 28.1. The second-order valence-corrected chi connectivity index (χ2v) is 7.64. The lowest BCUT2D eigenvalue weighted by atomic mass is 10.2. The van der Waals surface area contributed by atoms with Crippen molar-refractivity contribution in [2.24, 2.45) is 0 Å². The van der Waals surface area contributed by atoms with Crippen molar-refractivity contribution in [2.45, 2.75) is 39.3 Å². The van der Waals surface area contributed by atoms with Crippen molar-refractivity contribution in [3.05, 3.63) is 64.1 Å². The highest BCUT2D eigenvalue weighted by atomic mass is 35.5. The maximum Gasteiger partial charge on any atom is 0.271 e. The highest BCUT2D eigenvalue weighted by Gasteiger charge is 2.14. The van der Waals surface area contributed by atoms with Crippen LogP contribution in [0.5, 0.6) is 0 Å². The first-order chi connectivity index (χ1) is 15.0. The highest BCUT2D eigenvalue weighted by molar-refractivity contribution is 7.71. The van der Waals surface area contributed by atoms with E-state index in [4.69, 9.17) is 23.8 Å². The summed E-state index contributed by atoms with van der Waals surface area (Å²) in [6.45, 7) is 3.13. The summed E-state index contributed by atoms with van der Waals surface area (Å²) in [5.41, 5.74) is 6.03. The van der Waals surface area contributed by atoms with E-state index in [0.717, 1.165) is 30.8 Å². The zero-order valence-corrected chi connectivity index (χ0v) is 18.6. The van der Waals surface area contributed by atoms with Gasteiger partial charge in [0, 0.05) is 35.9 Å². The molecule has 2 heterocycles. The minimum Gasteiger partial charge on any atom is -0.300 e. The molecule has 0 bridgehead atoms. The van der Waals surface area contributed by atoms with E-state index in [1.54, 1.807) is 23.0 Å². The van der Waals surface area contributed by atoms with Gasteiger partial charge in [-0.15, -0.1) is 0 Å². The van der Waals surface area contributed by atoms with E-state index in [1.807, 2.05) is 28.8 Å². The Morgan fingerprint density at radius 3 is 2.58 bits per heavy atom. The molecular formula is C21H23ClN6O2S. The standard InChI is InChI=1S/C21H23ClN6O2S/c1-2-3-12-27-19(15-6-8-17(22)9-7-15)26-28(21(27)31)13-10-18(29)24-25-20(30)16-5-4-11-23-14-16/h4-9,11,14H,2-3,10,12-13H2,1H3,(H,24,29)(H,25,30). The molecular weight excluding hydrogens is 436 g/mol. The van der Waals surface area contributed by atoms with Crippen molar-refractivity contribution in [1.82, 2.24) is 30.2 Å². The molecule has 1 aromatic carbocycles. The first kappa shape index (κ1) is 22.6. The van der Waals surface area contributed by atoms with Gasteiger partial charge in [-0.2, -0.15) is 5.10 Å². The van der Waals surface area contributed by atoms with Gasteiger partial charge in [0.1, 0.15) is 0 Å². The molecule has 0 unspecified atom stereocenters. The number of nitrogens with one attached hydrogen (secondary N) is 2.